The van der Waals surface area contributed by atoms with Gasteiger partial charge in [-0.05, 0) is 35.7 Å². The molecule has 2 N–H and O–H groups in total. The Morgan fingerprint density at radius 1 is 1.07 bits per heavy atom. The first-order chi connectivity index (χ1) is 13.4. The Balaban J connectivity index is 1.61. The summed E-state index contributed by atoms with van der Waals surface area (Å²) in [5.74, 6) is 0.572. The van der Waals surface area contributed by atoms with Gasteiger partial charge < -0.3 is 15.4 Å². The SMILES string of the molecule is CC(=O)NCCC(=O)NCC1Cc2cc(-c3ccccc3C(C)=O)ccc2O1. The fraction of sp³-hybridized carbons (Fsp3) is 0.318. The summed E-state index contributed by atoms with van der Waals surface area (Å²) in [6.45, 7) is 3.73. The zero-order valence-electron chi connectivity index (χ0n) is 16.1. The van der Waals surface area contributed by atoms with Crippen LogP contribution in [-0.2, 0) is 16.0 Å². The van der Waals surface area contributed by atoms with Crippen molar-refractivity contribution in [1.29, 1.82) is 0 Å². The number of ketones is 1. The van der Waals surface area contributed by atoms with Crippen molar-refractivity contribution in [2.45, 2.75) is 32.8 Å². The lowest BCUT2D eigenvalue weighted by atomic mass is 9.95. The molecule has 1 aliphatic heterocycles. The molecule has 146 valence electrons. The first-order valence-electron chi connectivity index (χ1n) is 9.35. The number of carbonyl (C=O) groups excluding carboxylic acids is 3. The number of fused-ring (bicyclic) bond motifs is 1. The summed E-state index contributed by atoms with van der Waals surface area (Å²) in [5, 5.41) is 5.44. The van der Waals surface area contributed by atoms with E-state index in [1.807, 2.05) is 36.4 Å². The van der Waals surface area contributed by atoms with Gasteiger partial charge in [0.15, 0.2) is 5.78 Å². The van der Waals surface area contributed by atoms with Crippen molar-refractivity contribution in [1.82, 2.24) is 10.6 Å². The highest BCUT2D eigenvalue weighted by atomic mass is 16.5. The summed E-state index contributed by atoms with van der Waals surface area (Å²) in [5.41, 5.74) is 3.65. The molecule has 0 saturated heterocycles. The predicted molar refractivity (Wildman–Crippen MR) is 106 cm³/mol. The molecule has 2 aromatic carbocycles. The fourth-order valence-electron chi connectivity index (χ4n) is 3.31. The van der Waals surface area contributed by atoms with Gasteiger partial charge in [0.05, 0.1) is 6.54 Å². The summed E-state index contributed by atoms with van der Waals surface area (Å²) >= 11 is 0. The molecule has 2 aromatic rings. The van der Waals surface area contributed by atoms with Crippen LogP contribution in [0.2, 0.25) is 0 Å². The first-order valence-corrected chi connectivity index (χ1v) is 9.35. The third kappa shape index (κ3) is 4.76. The molecule has 0 radical (unpaired) electrons. The van der Waals surface area contributed by atoms with Crippen molar-refractivity contribution >= 4 is 17.6 Å². The summed E-state index contributed by atoms with van der Waals surface area (Å²) in [4.78, 5) is 34.6. The van der Waals surface area contributed by atoms with Gasteiger partial charge in [0.1, 0.15) is 11.9 Å². The van der Waals surface area contributed by atoms with Crippen molar-refractivity contribution in [2.75, 3.05) is 13.1 Å². The molecule has 28 heavy (non-hydrogen) atoms. The van der Waals surface area contributed by atoms with E-state index in [-0.39, 0.29) is 30.1 Å². The molecule has 6 nitrogen and oxygen atoms in total. The predicted octanol–water partition coefficient (Wildman–Crippen LogP) is 2.50. The fourth-order valence-corrected chi connectivity index (χ4v) is 3.31. The highest BCUT2D eigenvalue weighted by Gasteiger charge is 2.24. The van der Waals surface area contributed by atoms with Gasteiger partial charge >= 0.3 is 0 Å². The number of hydrogen-bond acceptors (Lipinski definition) is 4. The van der Waals surface area contributed by atoms with Gasteiger partial charge in [-0.25, -0.2) is 0 Å². The van der Waals surface area contributed by atoms with E-state index in [0.717, 1.165) is 22.4 Å². The number of benzene rings is 2. The monoisotopic (exact) mass is 380 g/mol. The van der Waals surface area contributed by atoms with Crippen LogP contribution in [-0.4, -0.2) is 36.8 Å². The zero-order valence-corrected chi connectivity index (χ0v) is 16.1. The number of hydrogen-bond donors (Lipinski definition) is 2. The Hall–Kier alpha value is -3.15. The standard InChI is InChI=1S/C22H24N2O4/c1-14(25)19-5-3-4-6-20(19)16-7-8-21-17(11-16)12-18(28-21)13-24-22(27)9-10-23-15(2)26/h3-8,11,18H,9-10,12-13H2,1-2H3,(H,23,26)(H,24,27). The zero-order chi connectivity index (χ0) is 20.1. The number of rotatable bonds is 7. The summed E-state index contributed by atoms with van der Waals surface area (Å²) in [7, 11) is 0. The minimum Gasteiger partial charge on any atom is -0.488 e. The number of Topliss-reactive ketones (excluding diaryl/α,β-unsaturated/α-hetero) is 1. The lowest BCUT2D eigenvalue weighted by Crippen LogP contribution is -2.36. The van der Waals surface area contributed by atoms with E-state index in [4.69, 9.17) is 4.74 Å². The molecule has 0 bridgehead atoms. The second-order valence-electron chi connectivity index (χ2n) is 6.91. The maximum atomic E-state index is 11.9. The van der Waals surface area contributed by atoms with Crippen molar-refractivity contribution in [2.24, 2.45) is 0 Å². The van der Waals surface area contributed by atoms with E-state index in [2.05, 4.69) is 16.7 Å². The van der Waals surface area contributed by atoms with Crippen molar-refractivity contribution in [3.05, 3.63) is 53.6 Å². The molecular weight excluding hydrogens is 356 g/mol. The lowest BCUT2D eigenvalue weighted by Gasteiger charge is -2.12. The van der Waals surface area contributed by atoms with Crippen LogP contribution in [0.25, 0.3) is 11.1 Å². The Morgan fingerprint density at radius 3 is 2.61 bits per heavy atom. The Morgan fingerprint density at radius 2 is 1.86 bits per heavy atom. The van der Waals surface area contributed by atoms with Crippen LogP contribution < -0.4 is 15.4 Å². The molecule has 1 unspecified atom stereocenters. The normalized spacial score (nSPS) is 14.7. The second kappa shape index (κ2) is 8.69. The van der Waals surface area contributed by atoms with Gasteiger partial charge in [-0.1, -0.05) is 30.3 Å². The molecule has 1 atom stereocenters. The first kappa shape index (κ1) is 19.6. The molecule has 3 rings (SSSR count). The van der Waals surface area contributed by atoms with Crippen LogP contribution in [0.15, 0.2) is 42.5 Å². The van der Waals surface area contributed by atoms with Crippen molar-refractivity contribution < 1.29 is 19.1 Å². The van der Waals surface area contributed by atoms with Gasteiger partial charge in [0.25, 0.3) is 0 Å². The quantitative estimate of drug-likeness (QED) is 0.723. The van der Waals surface area contributed by atoms with Gasteiger partial charge in [-0.15, -0.1) is 0 Å². The average molecular weight is 380 g/mol. The lowest BCUT2D eigenvalue weighted by molar-refractivity contribution is -0.121. The van der Waals surface area contributed by atoms with E-state index in [0.29, 0.717) is 25.1 Å². The van der Waals surface area contributed by atoms with Crippen LogP contribution in [0.1, 0.15) is 36.2 Å². The van der Waals surface area contributed by atoms with E-state index >= 15 is 0 Å². The Labute approximate surface area is 164 Å². The number of carbonyl (C=O) groups is 3. The molecule has 2 amide bonds. The molecule has 0 saturated carbocycles. The average Bonchev–Trinajstić information content (AvgIpc) is 3.08. The highest BCUT2D eigenvalue weighted by Crippen LogP contribution is 2.34. The molecule has 1 heterocycles. The third-order valence-electron chi connectivity index (χ3n) is 4.67. The molecule has 0 fully saturated rings. The van der Waals surface area contributed by atoms with E-state index in [1.54, 1.807) is 6.92 Å². The van der Waals surface area contributed by atoms with Crippen LogP contribution in [0.3, 0.4) is 0 Å². The number of ether oxygens (including phenoxy) is 1. The van der Waals surface area contributed by atoms with E-state index in [9.17, 15) is 14.4 Å². The minimum absolute atomic E-state index is 0.0344. The van der Waals surface area contributed by atoms with Gasteiger partial charge in [0.2, 0.25) is 11.8 Å². The summed E-state index contributed by atoms with van der Waals surface area (Å²) < 4.78 is 5.92. The Kier molecular flexibility index (Phi) is 6.09. The Bertz CT molecular complexity index is 907. The smallest absolute Gasteiger partial charge is 0.221 e. The molecule has 0 spiro atoms. The van der Waals surface area contributed by atoms with Crippen LogP contribution in [0, 0.1) is 0 Å². The molecule has 0 aliphatic carbocycles. The van der Waals surface area contributed by atoms with Gasteiger partial charge in [-0.2, -0.15) is 0 Å². The number of amides is 2. The molecule has 0 aromatic heterocycles. The molecule has 1 aliphatic rings. The maximum absolute atomic E-state index is 11.9. The largest absolute Gasteiger partial charge is 0.488 e. The topological polar surface area (TPSA) is 84.5 Å². The number of nitrogens with one attached hydrogen (secondary N) is 2. The summed E-state index contributed by atoms with van der Waals surface area (Å²) in [6.07, 6.45) is 0.806. The molecule has 6 heteroatoms. The van der Waals surface area contributed by atoms with Crippen molar-refractivity contribution in [3.8, 4) is 16.9 Å². The van der Waals surface area contributed by atoms with Gasteiger partial charge in [0, 0.05) is 31.9 Å². The maximum Gasteiger partial charge on any atom is 0.221 e. The van der Waals surface area contributed by atoms with Crippen molar-refractivity contribution in [3.63, 3.8) is 0 Å². The van der Waals surface area contributed by atoms with Gasteiger partial charge in [-0.3, -0.25) is 14.4 Å². The third-order valence-corrected chi connectivity index (χ3v) is 4.67. The summed E-state index contributed by atoms with van der Waals surface area (Å²) in [6, 6.07) is 13.5. The molecular formula is C22H24N2O4. The van der Waals surface area contributed by atoms with Crippen LogP contribution in [0.4, 0.5) is 0 Å². The highest BCUT2D eigenvalue weighted by molar-refractivity contribution is 6.00. The van der Waals surface area contributed by atoms with E-state index < -0.39 is 0 Å². The van der Waals surface area contributed by atoms with Crippen LogP contribution in [0.5, 0.6) is 5.75 Å². The second-order valence-corrected chi connectivity index (χ2v) is 6.91. The van der Waals surface area contributed by atoms with E-state index in [1.165, 1.54) is 6.92 Å². The van der Waals surface area contributed by atoms with Crippen LogP contribution >= 0.6 is 0 Å². The minimum atomic E-state index is -0.149.